The van der Waals surface area contributed by atoms with Crippen molar-refractivity contribution in [3.63, 3.8) is 0 Å². The Bertz CT molecular complexity index is 2650. The van der Waals surface area contributed by atoms with Gasteiger partial charge >= 0.3 is 12.0 Å². The molecule has 6 bridgehead atoms. The first-order valence-electron chi connectivity index (χ1n) is 24.6. The molecule has 3 fully saturated rings. The summed E-state index contributed by atoms with van der Waals surface area (Å²) in [6, 6.07) is 7.33. The number of pyridine rings is 1. The number of benzene rings is 1. The Kier molecular flexibility index (Phi) is 14.9. The van der Waals surface area contributed by atoms with Gasteiger partial charge in [-0.3, -0.25) is 29.2 Å². The van der Waals surface area contributed by atoms with Crippen LogP contribution in [0.4, 0.5) is 4.79 Å². The molecule has 376 valence electrons. The van der Waals surface area contributed by atoms with E-state index >= 15 is 0 Å². The highest BCUT2D eigenvalue weighted by Crippen LogP contribution is 2.43. The highest BCUT2D eigenvalue weighted by atomic mass is 32.1. The van der Waals surface area contributed by atoms with Gasteiger partial charge in [-0.05, 0) is 89.4 Å². The molecule has 18 heteroatoms. The van der Waals surface area contributed by atoms with E-state index in [0.717, 1.165) is 51.1 Å². The molecule has 3 saturated heterocycles. The van der Waals surface area contributed by atoms with E-state index in [4.69, 9.17) is 19.4 Å². The van der Waals surface area contributed by atoms with Crippen LogP contribution in [0, 0.1) is 11.3 Å². The number of urea groups is 1. The largest absolute Gasteiger partial charge is 0.464 e. The van der Waals surface area contributed by atoms with Crippen LogP contribution >= 0.6 is 11.3 Å². The van der Waals surface area contributed by atoms with Gasteiger partial charge in [-0.1, -0.05) is 39.8 Å². The third-order valence-corrected chi connectivity index (χ3v) is 15.3. The molecule has 8 rings (SSSR count). The van der Waals surface area contributed by atoms with Gasteiger partial charge in [0.25, 0.3) is 5.91 Å². The monoisotopic (exact) mass is 979 g/mol. The minimum atomic E-state index is -1.09. The molecule has 1 aromatic carbocycles. The maximum Gasteiger partial charge on any atom is 0.324 e. The van der Waals surface area contributed by atoms with Crippen LogP contribution in [0.3, 0.4) is 0 Å². The Labute approximate surface area is 415 Å². The molecule has 4 aliphatic heterocycles. The van der Waals surface area contributed by atoms with E-state index in [1.165, 1.54) is 21.2 Å². The topological polar surface area (TPSA) is 175 Å². The number of likely N-dealkylation sites (N-methyl/N-ethyl adjacent to an activating group) is 2. The Hall–Kier alpha value is -5.69. The molecular weight excluding hydrogens is 909 g/mol. The molecule has 4 atom stereocenters. The second-order valence-corrected chi connectivity index (χ2v) is 21.8. The molecular formula is C52H70N10O7S. The van der Waals surface area contributed by atoms with Crippen molar-refractivity contribution in [2.75, 3.05) is 67.6 Å². The van der Waals surface area contributed by atoms with Crippen LogP contribution in [-0.4, -0.2) is 160 Å². The molecule has 5 amide bonds. The van der Waals surface area contributed by atoms with Gasteiger partial charge in [0.15, 0.2) is 0 Å². The first-order chi connectivity index (χ1) is 33.3. The minimum absolute atomic E-state index is 0.0760. The average Bonchev–Trinajstić information content (AvgIpc) is 3.90. The Balaban J connectivity index is 1.10. The van der Waals surface area contributed by atoms with E-state index in [1.54, 1.807) is 36.2 Å². The van der Waals surface area contributed by atoms with Crippen molar-refractivity contribution in [3.8, 4) is 22.5 Å². The summed E-state index contributed by atoms with van der Waals surface area (Å²) in [6.45, 7) is 15.2. The first-order valence-corrected chi connectivity index (χ1v) is 25.5. The van der Waals surface area contributed by atoms with Gasteiger partial charge in [0.2, 0.25) is 11.8 Å². The van der Waals surface area contributed by atoms with Gasteiger partial charge in [-0.2, -0.15) is 0 Å². The number of rotatable bonds is 11. The first kappa shape index (κ1) is 50.7. The molecule has 2 N–H and O–H groups in total. The number of cyclic esters (lactones) is 1. The molecule has 17 nitrogen and oxygen atoms in total. The van der Waals surface area contributed by atoms with Crippen LogP contribution < -0.4 is 10.7 Å². The smallest absolute Gasteiger partial charge is 0.324 e. The number of hydrazine groups is 1. The Morgan fingerprint density at radius 1 is 1.10 bits per heavy atom. The quantitative estimate of drug-likeness (QED) is 0.140. The number of aromatic nitrogens is 3. The summed E-state index contributed by atoms with van der Waals surface area (Å²) in [7, 11) is 7.19. The third-order valence-electron chi connectivity index (χ3n) is 14.4. The number of thiazole rings is 1. The maximum atomic E-state index is 14.7. The maximum absolute atomic E-state index is 14.7. The fourth-order valence-electron chi connectivity index (χ4n) is 10.5. The summed E-state index contributed by atoms with van der Waals surface area (Å²) in [5.74, 6) is -1.76. The summed E-state index contributed by atoms with van der Waals surface area (Å²) >= 11 is 1.41. The lowest BCUT2D eigenvalue weighted by Crippen LogP contribution is -2.79. The van der Waals surface area contributed by atoms with E-state index in [1.807, 2.05) is 57.3 Å². The van der Waals surface area contributed by atoms with Crippen molar-refractivity contribution in [2.45, 2.75) is 110 Å². The molecule has 4 aromatic rings. The lowest BCUT2D eigenvalue weighted by Gasteiger charge is -2.62. The van der Waals surface area contributed by atoms with E-state index in [0.29, 0.717) is 63.5 Å². The summed E-state index contributed by atoms with van der Waals surface area (Å²) < 4.78 is 14.3. The van der Waals surface area contributed by atoms with Crippen molar-refractivity contribution in [3.05, 3.63) is 70.3 Å². The number of hydrogen-bond acceptors (Lipinski definition) is 12. The zero-order chi connectivity index (χ0) is 50.2. The van der Waals surface area contributed by atoms with Crippen LogP contribution in [0.1, 0.15) is 83.2 Å². The SMILES string of the molecule is CCn1c(-c2cccnc2[C@H](C)OC)c2c3cc(ccc31)-c1csc(n1)C[C@H](NC(=O)[C@H](C(C)C)N(C)C(=O)N1CCC13CN(C(=O)/C=C/CN(C)C)C3)C(=O)N1CCCC(N1)C(=O)OCC(C)(C)C2. The number of esters is 1. The van der Waals surface area contributed by atoms with Gasteiger partial charge in [-0.25, -0.2) is 15.2 Å². The van der Waals surface area contributed by atoms with Gasteiger partial charge in [0.1, 0.15) is 18.1 Å². The van der Waals surface area contributed by atoms with Crippen LogP contribution in [-0.2, 0) is 48.0 Å². The number of methoxy groups -OCH3 is 1. The number of nitrogens with one attached hydrogen (secondary N) is 2. The molecule has 4 aliphatic rings. The minimum Gasteiger partial charge on any atom is -0.464 e. The fourth-order valence-corrected chi connectivity index (χ4v) is 11.4. The predicted molar refractivity (Wildman–Crippen MR) is 269 cm³/mol. The molecule has 0 saturated carbocycles. The normalized spacial score (nSPS) is 21.1. The van der Waals surface area contributed by atoms with Crippen molar-refractivity contribution in [2.24, 2.45) is 11.3 Å². The van der Waals surface area contributed by atoms with Crippen molar-refractivity contribution in [1.82, 2.24) is 49.9 Å². The van der Waals surface area contributed by atoms with Crippen molar-refractivity contribution >= 4 is 52.0 Å². The number of fused-ring (bicyclic) bond motifs is 6. The molecule has 0 aliphatic carbocycles. The molecule has 1 spiro atoms. The van der Waals surface area contributed by atoms with Gasteiger partial charge in [0, 0.05) is 105 Å². The van der Waals surface area contributed by atoms with Crippen LogP contribution in [0.15, 0.2) is 54.1 Å². The summed E-state index contributed by atoms with van der Waals surface area (Å²) in [5.41, 5.74) is 8.81. The van der Waals surface area contributed by atoms with E-state index in [-0.39, 0.29) is 37.0 Å². The molecule has 1 unspecified atom stereocenters. The highest BCUT2D eigenvalue weighted by molar-refractivity contribution is 7.10. The summed E-state index contributed by atoms with van der Waals surface area (Å²) in [5, 5.41) is 8.16. The van der Waals surface area contributed by atoms with E-state index in [9.17, 15) is 24.0 Å². The molecule has 70 heavy (non-hydrogen) atoms. The van der Waals surface area contributed by atoms with Gasteiger partial charge in [0.05, 0.1) is 40.3 Å². The fraction of sp³-hybridized carbons (Fsp3) is 0.558. The van der Waals surface area contributed by atoms with Crippen LogP contribution in [0.2, 0.25) is 0 Å². The Morgan fingerprint density at radius 2 is 1.87 bits per heavy atom. The van der Waals surface area contributed by atoms with Crippen molar-refractivity contribution in [1.29, 1.82) is 0 Å². The zero-order valence-corrected chi connectivity index (χ0v) is 43.2. The van der Waals surface area contributed by atoms with E-state index in [2.05, 4.69) is 60.3 Å². The number of amides is 5. The standard InChI is InChI=1S/C52H70N10O7S/c1-11-60-41-19-18-34-25-36(41)37(46(60)35-15-12-21-53-44(35)33(4)68-10)27-51(5,6)31-69-49(66)38-16-13-23-62(56-38)48(65)39(26-42-54-40(34)28-70-42)55-47(64)45(32(2)3)58(9)50(67)61-24-20-52(61)29-59(30-52)43(63)17-14-22-57(7)8/h12,14-15,17-19,21,25,28,32-33,38-39,45,56H,11,13,16,20,22-24,26-27,29-31H2,1-10H3,(H,55,64)/b17-14+/t33-,38?,39-,45-/m0/s1. The highest BCUT2D eigenvalue weighted by Gasteiger charge is 2.57. The van der Waals surface area contributed by atoms with Crippen molar-refractivity contribution < 1.29 is 33.4 Å². The second-order valence-electron chi connectivity index (χ2n) is 20.8. The van der Waals surface area contributed by atoms with Gasteiger partial charge in [-0.15, -0.1) is 11.3 Å². The van der Waals surface area contributed by atoms with Gasteiger partial charge < -0.3 is 39.0 Å². The predicted octanol–water partition coefficient (Wildman–Crippen LogP) is 5.68. The lowest BCUT2D eigenvalue weighted by molar-refractivity contribution is -0.155. The molecule has 3 aromatic heterocycles. The third kappa shape index (κ3) is 10.1. The molecule has 0 radical (unpaired) electrons. The lowest BCUT2D eigenvalue weighted by atomic mass is 9.77. The second kappa shape index (κ2) is 20.6. The number of hydrogen-bond donors (Lipinski definition) is 2. The average molecular weight is 979 g/mol. The number of carbonyl (C=O) groups excluding carboxylic acids is 5. The van der Waals surface area contributed by atoms with Crippen LogP contribution in [0.5, 0.6) is 0 Å². The zero-order valence-electron chi connectivity index (χ0n) is 42.4. The summed E-state index contributed by atoms with van der Waals surface area (Å²) in [4.78, 5) is 87.3. The Morgan fingerprint density at radius 3 is 2.56 bits per heavy atom. The van der Waals surface area contributed by atoms with E-state index < -0.39 is 46.9 Å². The number of ether oxygens (including phenoxy) is 2. The number of likely N-dealkylation sites (tertiary alicyclic amines) is 2. The number of carbonyl (C=O) groups is 5. The molecule has 7 heterocycles. The number of nitrogens with zero attached hydrogens (tertiary/aromatic N) is 8. The summed E-state index contributed by atoms with van der Waals surface area (Å²) in [6.07, 6.45) is 7.37. The number of aryl methyl sites for hydroxylation is 1. The van der Waals surface area contributed by atoms with Crippen LogP contribution in [0.25, 0.3) is 33.4 Å².